The Morgan fingerprint density at radius 3 is 2.43 bits per heavy atom. The Hall–Kier alpha value is -1.55. The smallest absolute Gasteiger partial charge is 0.244 e. The molecule has 0 spiro atoms. The number of likely N-dealkylation sites (tertiary alicyclic amines) is 1. The molecule has 1 unspecified atom stereocenters. The summed E-state index contributed by atoms with van der Waals surface area (Å²) in [5.74, 6) is 0.657. The number of benzene rings is 1. The Balaban J connectivity index is 1.72. The van der Waals surface area contributed by atoms with Crippen LogP contribution in [0.3, 0.4) is 0 Å². The van der Waals surface area contributed by atoms with E-state index in [2.05, 4.69) is 41.1 Å². The molecule has 1 N–H and O–H groups in total. The van der Waals surface area contributed by atoms with E-state index < -0.39 is 0 Å². The molecule has 3 rings (SSSR count). The second-order valence-electron chi connectivity index (χ2n) is 6.42. The van der Waals surface area contributed by atoms with E-state index in [4.69, 9.17) is 0 Å². The monoisotopic (exact) mass is 287 g/mol. The average Bonchev–Trinajstić information content (AvgIpc) is 2.90. The number of rotatable bonds is 3. The van der Waals surface area contributed by atoms with Gasteiger partial charge in [-0.05, 0) is 57.8 Å². The molecule has 1 aromatic rings. The maximum atomic E-state index is 12.3. The predicted molar refractivity (Wildman–Crippen MR) is 85.2 cm³/mol. The summed E-state index contributed by atoms with van der Waals surface area (Å²) in [5.41, 5.74) is 1.15. The Morgan fingerprint density at radius 1 is 1.14 bits per heavy atom. The third kappa shape index (κ3) is 2.91. The third-order valence-corrected chi connectivity index (χ3v) is 4.87. The van der Waals surface area contributed by atoms with Gasteiger partial charge in [-0.3, -0.25) is 4.79 Å². The number of nitrogens with zero attached hydrogens (tertiary/aromatic N) is 2. The number of carbonyl (C=O) groups excluding carboxylic acids is 1. The predicted octanol–water partition coefficient (Wildman–Crippen LogP) is 2.07. The second-order valence-corrected chi connectivity index (χ2v) is 6.42. The van der Waals surface area contributed by atoms with Crippen LogP contribution in [0.25, 0.3) is 0 Å². The summed E-state index contributed by atoms with van der Waals surface area (Å²) in [6.45, 7) is 7.35. The van der Waals surface area contributed by atoms with Gasteiger partial charge in [0, 0.05) is 11.7 Å². The zero-order valence-electron chi connectivity index (χ0n) is 13.0. The van der Waals surface area contributed by atoms with Crippen molar-refractivity contribution in [2.45, 2.75) is 38.8 Å². The van der Waals surface area contributed by atoms with Crippen LogP contribution in [-0.2, 0) is 4.79 Å². The summed E-state index contributed by atoms with van der Waals surface area (Å²) in [5, 5.41) is 3.02. The number of nitrogens with one attached hydrogen (secondary N) is 1. The Labute approximate surface area is 127 Å². The summed E-state index contributed by atoms with van der Waals surface area (Å²) in [6, 6.07) is 10.9. The highest BCUT2D eigenvalue weighted by Crippen LogP contribution is 2.30. The lowest BCUT2D eigenvalue weighted by Crippen LogP contribution is -2.47. The number of carbonyl (C=O) groups is 1. The van der Waals surface area contributed by atoms with Crippen molar-refractivity contribution >= 4 is 11.6 Å². The van der Waals surface area contributed by atoms with Crippen molar-refractivity contribution in [1.82, 2.24) is 10.2 Å². The molecule has 1 atom stereocenters. The van der Waals surface area contributed by atoms with Gasteiger partial charge in [0.2, 0.25) is 5.91 Å². The Morgan fingerprint density at radius 2 is 1.81 bits per heavy atom. The summed E-state index contributed by atoms with van der Waals surface area (Å²) >= 11 is 0. The standard InChI is InChI=1S/C17H25N3O/c1-13(2)19-10-8-14(9-11-19)16-17(21)18-12-20(16)15-6-4-3-5-7-15/h3-7,13-14,16H,8-12H2,1-2H3,(H,18,21). The van der Waals surface area contributed by atoms with Gasteiger partial charge in [-0.25, -0.2) is 0 Å². The highest BCUT2D eigenvalue weighted by atomic mass is 16.2. The van der Waals surface area contributed by atoms with E-state index in [1.165, 1.54) is 0 Å². The molecule has 0 aliphatic carbocycles. The lowest BCUT2D eigenvalue weighted by molar-refractivity contribution is -0.121. The van der Waals surface area contributed by atoms with Gasteiger partial charge in [-0.2, -0.15) is 0 Å². The van der Waals surface area contributed by atoms with Crippen LogP contribution >= 0.6 is 0 Å². The SMILES string of the molecule is CC(C)N1CCC(C2C(=O)NCN2c2ccccc2)CC1. The van der Waals surface area contributed by atoms with Gasteiger partial charge in [-0.15, -0.1) is 0 Å². The normalized spacial score (nSPS) is 24.6. The summed E-state index contributed by atoms with van der Waals surface area (Å²) < 4.78 is 0. The molecular weight excluding hydrogens is 262 g/mol. The van der Waals surface area contributed by atoms with Crippen molar-refractivity contribution in [3.63, 3.8) is 0 Å². The van der Waals surface area contributed by atoms with Gasteiger partial charge in [-0.1, -0.05) is 18.2 Å². The van der Waals surface area contributed by atoms with E-state index >= 15 is 0 Å². The number of piperidine rings is 1. The Kier molecular flexibility index (Phi) is 4.15. The first kappa shape index (κ1) is 14.4. The maximum Gasteiger partial charge on any atom is 0.244 e. The minimum Gasteiger partial charge on any atom is -0.342 e. The average molecular weight is 287 g/mol. The van der Waals surface area contributed by atoms with Crippen LogP contribution < -0.4 is 10.2 Å². The number of hydrogen-bond donors (Lipinski definition) is 1. The van der Waals surface area contributed by atoms with Crippen LogP contribution in [0.5, 0.6) is 0 Å². The molecule has 1 aromatic carbocycles. The highest BCUT2D eigenvalue weighted by Gasteiger charge is 2.39. The molecule has 2 aliphatic heterocycles. The largest absolute Gasteiger partial charge is 0.342 e. The van der Waals surface area contributed by atoms with E-state index in [9.17, 15) is 4.79 Å². The van der Waals surface area contributed by atoms with E-state index in [0.29, 0.717) is 18.6 Å². The molecule has 0 aromatic heterocycles. The molecule has 0 saturated carbocycles. The zero-order chi connectivity index (χ0) is 14.8. The quantitative estimate of drug-likeness (QED) is 0.924. The van der Waals surface area contributed by atoms with Crippen LogP contribution in [0, 0.1) is 5.92 Å². The molecule has 1 amide bonds. The Bertz CT molecular complexity index is 480. The highest BCUT2D eigenvalue weighted by molar-refractivity contribution is 5.88. The number of amides is 1. The van der Waals surface area contributed by atoms with Gasteiger partial charge >= 0.3 is 0 Å². The fraction of sp³-hybridized carbons (Fsp3) is 0.588. The van der Waals surface area contributed by atoms with Crippen molar-refractivity contribution in [1.29, 1.82) is 0 Å². The van der Waals surface area contributed by atoms with Crippen molar-refractivity contribution < 1.29 is 4.79 Å². The first-order valence-electron chi connectivity index (χ1n) is 8.00. The van der Waals surface area contributed by atoms with Gasteiger partial charge in [0.05, 0.1) is 6.67 Å². The van der Waals surface area contributed by atoms with Crippen molar-refractivity contribution in [2.24, 2.45) is 5.92 Å². The summed E-state index contributed by atoms with van der Waals surface area (Å²) in [7, 11) is 0. The number of hydrogen-bond acceptors (Lipinski definition) is 3. The van der Waals surface area contributed by atoms with Crippen molar-refractivity contribution in [2.75, 3.05) is 24.7 Å². The van der Waals surface area contributed by atoms with Crippen LogP contribution in [0.15, 0.2) is 30.3 Å². The maximum absolute atomic E-state index is 12.3. The number of anilines is 1. The summed E-state index contributed by atoms with van der Waals surface area (Å²) in [6.07, 6.45) is 2.22. The van der Waals surface area contributed by atoms with Gasteiger partial charge < -0.3 is 15.1 Å². The fourth-order valence-electron chi connectivity index (χ4n) is 3.60. The zero-order valence-corrected chi connectivity index (χ0v) is 13.0. The van der Waals surface area contributed by atoms with Crippen LogP contribution in [0.1, 0.15) is 26.7 Å². The summed E-state index contributed by atoms with van der Waals surface area (Å²) in [4.78, 5) is 17.1. The molecular formula is C17H25N3O. The van der Waals surface area contributed by atoms with Gasteiger partial charge in [0.15, 0.2) is 0 Å². The molecule has 4 heteroatoms. The van der Waals surface area contributed by atoms with E-state index in [1.807, 2.05) is 18.2 Å². The molecule has 114 valence electrons. The topological polar surface area (TPSA) is 35.6 Å². The first-order chi connectivity index (χ1) is 10.2. The first-order valence-corrected chi connectivity index (χ1v) is 8.00. The minimum atomic E-state index is 0.00159. The third-order valence-electron chi connectivity index (χ3n) is 4.87. The van der Waals surface area contributed by atoms with Gasteiger partial charge in [0.25, 0.3) is 0 Å². The van der Waals surface area contributed by atoms with Crippen LogP contribution in [0.2, 0.25) is 0 Å². The van der Waals surface area contributed by atoms with Crippen LogP contribution in [0.4, 0.5) is 5.69 Å². The molecule has 2 saturated heterocycles. The van der Waals surface area contributed by atoms with E-state index in [-0.39, 0.29) is 11.9 Å². The van der Waals surface area contributed by atoms with Crippen molar-refractivity contribution in [3.05, 3.63) is 30.3 Å². The molecule has 2 aliphatic rings. The number of para-hydroxylation sites is 1. The van der Waals surface area contributed by atoms with Crippen LogP contribution in [-0.4, -0.2) is 42.6 Å². The van der Waals surface area contributed by atoms with Crippen molar-refractivity contribution in [3.8, 4) is 0 Å². The van der Waals surface area contributed by atoms with E-state index in [1.54, 1.807) is 0 Å². The molecule has 0 bridgehead atoms. The fourth-order valence-corrected chi connectivity index (χ4v) is 3.60. The molecule has 21 heavy (non-hydrogen) atoms. The van der Waals surface area contributed by atoms with E-state index in [0.717, 1.165) is 31.6 Å². The molecule has 4 nitrogen and oxygen atoms in total. The lowest BCUT2D eigenvalue weighted by Gasteiger charge is -2.38. The second kappa shape index (κ2) is 6.06. The molecule has 2 fully saturated rings. The minimum absolute atomic E-state index is 0.00159. The van der Waals surface area contributed by atoms with Gasteiger partial charge in [0.1, 0.15) is 6.04 Å². The lowest BCUT2D eigenvalue weighted by atomic mass is 9.88. The molecule has 2 heterocycles. The molecule has 0 radical (unpaired) electrons.